The van der Waals surface area contributed by atoms with Crippen LogP contribution >= 0.6 is 0 Å². The van der Waals surface area contributed by atoms with Crippen LogP contribution in [0.25, 0.3) is 0 Å². The summed E-state index contributed by atoms with van der Waals surface area (Å²) in [4.78, 5) is 49.5. The first kappa shape index (κ1) is 57.9. The van der Waals surface area contributed by atoms with Gasteiger partial charge in [-0.05, 0) is 32.6 Å². The van der Waals surface area contributed by atoms with Crippen LogP contribution in [0.3, 0.4) is 0 Å². The van der Waals surface area contributed by atoms with Crippen molar-refractivity contribution < 1.29 is 38.5 Å². The standard InChI is InChI=1S/C52H98O8/c1-5-7-9-11-13-15-17-19-21-23-25-27-32-36-40-44-50(55)58-46(3)48(42-38-34-30-29-31-35-39-43-49(53)54)52(57)60-47(4)59-51(56)45-41-37-33-28-26-24-22-20-18-16-14-12-10-8-6-2/h46-48H,5-45H2,1-4H3,(H,53,54). The minimum absolute atomic E-state index is 0.215. The predicted octanol–water partition coefficient (Wildman–Crippen LogP) is 16.1. The maximum absolute atomic E-state index is 13.4. The molecule has 0 fully saturated rings. The van der Waals surface area contributed by atoms with Gasteiger partial charge in [0, 0.05) is 26.2 Å². The number of carboxylic acids is 1. The topological polar surface area (TPSA) is 116 Å². The molecule has 60 heavy (non-hydrogen) atoms. The molecule has 0 saturated carbocycles. The van der Waals surface area contributed by atoms with Gasteiger partial charge in [-0.3, -0.25) is 19.2 Å². The molecule has 3 atom stereocenters. The van der Waals surface area contributed by atoms with E-state index in [0.717, 1.165) is 77.0 Å². The molecule has 0 aliphatic carbocycles. The summed E-state index contributed by atoms with van der Waals surface area (Å²) in [5, 5.41) is 8.84. The van der Waals surface area contributed by atoms with Crippen molar-refractivity contribution in [1.82, 2.24) is 0 Å². The zero-order valence-electron chi connectivity index (χ0n) is 40.0. The maximum Gasteiger partial charge on any atom is 0.315 e. The average Bonchev–Trinajstić information content (AvgIpc) is 3.21. The van der Waals surface area contributed by atoms with Gasteiger partial charge in [0.05, 0.1) is 5.92 Å². The van der Waals surface area contributed by atoms with Gasteiger partial charge in [-0.2, -0.15) is 0 Å². The number of hydrogen-bond donors (Lipinski definition) is 1. The first-order valence-corrected chi connectivity index (χ1v) is 26.0. The predicted molar refractivity (Wildman–Crippen MR) is 249 cm³/mol. The molecular formula is C52H98O8. The van der Waals surface area contributed by atoms with Gasteiger partial charge in [0.2, 0.25) is 6.29 Å². The molecule has 0 aliphatic heterocycles. The molecule has 0 rings (SSSR count). The van der Waals surface area contributed by atoms with Crippen LogP contribution in [0.5, 0.6) is 0 Å². The van der Waals surface area contributed by atoms with Crippen LogP contribution in [-0.4, -0.2) is 41.4 Å². The Morgan fingerprint density at radius 2 is 0.650 bits per heavy atom. The Hall–Kier alpha value is -2.12. The van der Waals surface area contributed by atoms with Gasteiger partial charge in [-0.1, -0.05) is 232 Å². The zero-order valence-corrected chi connectivity index (χ0v) is 40.0. The highest BCUT2D eigenvalue weighted by atomic mass is 16.7. The van der Waals surface area contributed by atoms with E-state index in [-0.39, 0.29) is 18.4 Å². The number of carbonyl (C=O) groups excluding carboxylic acids is 3. The van der Waals surface area contributed by atoms with Crippen LogP contribution in [0.15, 0.2) is 0 Å². The van der Waals surface area contributed by atoms with Crippen LogP contribution in [0.4, 0.5) is 0 Å². The maximum atomic E-state index is 13.4. The van der Waals surface area contributed by atoms with E-state index in [1.807, 2.05) is 0 Å². The van der Waals surface area contributed by atoms with Gasteiger partial charge >= 0.3 is 23.9 Å². The van der Waals surface area contributed by atoms with Crippen molar-refractivity contribution in [2.45, 2.75) is 303 Å². The second-order valence-corrected chi connectivity index (χ2v) is 18.1. The summed E-state index contributed by atoms with van der Waals surface area (Å²) in [7, 11) is 0. The molecule has 8 nitrogen and oxygen atoms in total. The molecule has 0 aromatic heterocycles. The Balaban J connectivity index is 4.45. The second kappa shape index (κ2) is 44.9. The highest BCUT2D eigenvalue weighted by Gasteiger charge is 2.31. The summed E-state index contributed by atoms with van der Waals surface area (Å²) in [6, 6.07) is 0. The Morgan fingerprint density at radius 1 is 0.367 bits per heavy atom. The Kier molecular flexibility index (Phi) is 43.3. The highest BCUT2D eigenvalue weighted by Crippen LogP contribution is 2.22. The van der Waals surface area contributed by atoms with E-state index in [1.54, 1.807) is 13.8 Å². The van der Waals surface area contributed by atoms with Crippen LogP contribution in [0.2, 0.25) is 0 Å². The normalized spacial score (nSPS) is 12.9. The fourth-order valence-electron chi connectivity index (χ4n) is 8.22. The van der Waals surface area contributed by atoms with Crippen LogP contribution in [0, 0.1) is 5.92 Å². The van der Waals surface area contributed by atoms with E-state index in [2.05, 4.69) is 13.8 Å². The second-order valence-electron chi connectivity index (χ2n) is 18.1. The molecule has 0 saturated heterocycles. The number of ether oxygens (including phenoxy) is 3. The summed E-state index contributed by atoms with van der Waals surface area (Å²) >= 11 is 0. The van der Waals surface area contributed by atoms with Crippen molar-refractivity contribution in [3.05, 3.63) is 0 Å². The number of unbranched alkanes of at least 4 members (excludes halogenated alkanes) is 34. The zero-order chi connectivity index (χ0) is 44.2. The van der Waals surface area contributed by atoms with E-state index < -0.39 is 30.3 Å². The number of aliphatic carboxylic acids is 1. The SMILES string of the molecule is CCCCCCCCCCCCCCCCCC(=O)OC(C)OC(=O)C(CCCCCCCCCC(=O)O)C(C)OC(=O)CCCCCCCCCCCCCCCCC. The molecule has 0 aromatic carbocycles. The Labute approximate surface area is 370 Å². The lowest BCUT2D eigenvalue weighted by molar-refractivity contribution is -0.190. The van der Waals surface area contributed by atoms with E-state index in [9.17, 15) is 19.2 Å². The number of rotatable bonds is 47. The van der Waals surface area contributed by atoms with Crippen molar-refractivity contribution in [2.24, 2.45) is 5.92 Å². The third-order valence-corrected chi connectivity index (χ3v) is 12.1. The van der Waals surface area contributed by atoms with Crippen LogP contribution < -0.4 is 0 Å². The lowest BCUT2D eigenvalue weighted by atomic mass is 9.95. The molecule has 354 valence electrons. The number of hydrogen-bond acceptors (Lipinski definition) is 7. The van der Waals surface area contributed by atoms with E-state index in [1.165, 1.54) is 154 Å². The first-order chi connectivity index (χ1) is 29.2. The quantitative estimate of drug-likeness (QED) is 0.0365. The Bertz CT molecular complexity index is 983. The number of esters is 3. The van der Waals surface area contributed by atoms with Crippen LogP contribution in [0.1, 0.15) is 291 Å². The molecule has 0 aliphatic rings. The molecule has 0 radical (unpaired) electrons. The van der Waals surface area contributed by atoms with Crippen LogP contribution in [-0.2, 0) is 33.4 Å². The summed E-state index contributed by atoms with van der Waals surface area (Å²) in [5.41, 5.74) is 0. The van der Waals surface area contributed by atoms with Crippen molar-refractivity contribution >= 4 is 23.9 Å². The lowest BCUT2D eigenvalue weighted by Crippen LogP contribution is -2.34. The summed E-state index contributed by atoms with van der Waals surface area (Å²) < 4.78 is 16.9. The molecule has 8 heteroatoms. The molecule has 0 spiro atoms. The van der Waals surface area contributed by atoms with Gasteiger partial charge in [-0.15, -0.1) is 0 Å². The third kappa shape index (κ3) is 41.2. The lowest BCUT2D eigenvalue weighted by Gasteiger charge is -2.24. The van der Waals surface area contributed by atoms with Gasteiger partial charge in [0.25, 0.3) is 0 Å². The molecule has 0 aromatic rings. The van der Waals surface area contributed by atoms with E-state index in [0.29, 0.717) is 25.7 Å². The third-order valence-electron chi connectivity index (χ3n) is 12.1. The first-order valence-electron chi connectivity index (χ1n) is 26.0. The van der Waals surface area contributed by atoms with Gasteiger partial charge in [0.15, 0.2) is 0 Å². The van der Waals surface area contributed by atoms with Crippen molar-refractivity contribution in [2.75, 3.05) is 0 Å². The van der Waals surface area contributed by atoms with Crippen molar-refractivity contribution in [3.63, 3.8) is 0 Å². The molecule has 0 amide bonds. The Morgan fingerprint density at radius 3 is 0.983 bits per heavy atom. The largest absolute Gasteiger partial charge is 0.481 e. The number of carbonyl (C=O) groups is 4. The van der Waals surface area contributed by atoms with Gasteiger partial charge < -0.3 is 19.3 Å². The molecule has 0 bridgehead atoms. The molecule has 0 heterocycles. The average molecular weight is 851 g/mol. The fourth-order valence-corrected chi connectivity index (χ4v) is 8.22. The van der Waals surface area contributed by atoms with E-state index >= 15 is 0 Å². The van der Waals surface area contributed by atoms with Gasteiger partial charge in [-0.25, -0.2) is 0 Å². The highest BCUT2D eigenvalue weighted by molar-refractivity contribution is 5.75. The van der Waals surface area contributed by atoms with Crippen molar-refractivity contribution in [1.29, 1.82) is 0 Å². The molecular weight excluding hydrogens is 753 g/mol. The van der Waals surface area contributed by atoms with Gasteiger partial charge in [0.1, 0.15) is 6.10 Å². The summed E-state index contributed by atoms with van der Waals surface area (Å²) in [5.74, 6) is -2.51. The smallest absolute Gasteiger partial charge is 0.315 e. The fraction of sp³-hybridized carbons (Fsp3) is 0.923. The minimum Gasteiger partial charge on any atom is -0.481 e. The molecule has 3 unspecified atom stereocenters. The van der Waals surface area contributed by atoms with Crippen molar-refractivity contribution in [3.8, 4) is 0 Å². The summed E-state index contributed by atoms with van der Waals surface area (Å²) in [6.45, 7) is 7.88. The monoisotopic (exact) mass is 851 g/mol. The van der Waals surface area contributed by atoms with E-state index in [4.69, 9.17) is 19.3 Å². The molecule has 1 N–H and O–H groups in total. The minimum atomic E-state index is -1.00. The summed E-state index contributed by atoms with van der Waals surface area (Å²) in [6.07, 6.45) is 44.0. The number of carboxylic acid groups (broad SMARTS) is 1.